The minimum absolute atomic E-state index is 0.00829. The largest absolute Gasteiger partial charge is 0.384 e. The van der Waals surface area contributed by atoms with Crippen LogP contribution in [0.5, 0.6) is 0 Å². The third-order valence-electron chi connectivity index (χ3n) is 6.59. The lowest BCUT2D eigenvalue weighted by molar-refractivity contribution is -0.384. The van der Waals surface area contributed by atoms with Gasteiger partial charge in [-0.1, -0.05) is 30.3 Å². The summed E-state index contributed by atoms with van der Waals surface area (Å²) in [6.45, 7) is 0.256. The molecule has 0 saturated carbocycles. The van der Waals surface area contributed by atoms with Gasteiger partial charge in [-0.25, -0.2) is 4.98 Å². The molecule has 1 aliphatic heterocycles. The van der Waals surface area contributed by atoms with E-state index in [4.69, 9.17) is 5.73 Å². The average molecular weight is 563 g/mol. The molecule has 0 spiro atoms. The molecule has 0 aliphatic carbocycles. The number of nitrogens with one attached hydrogen (secondary N) is 4. The van der Waals surface area contributed by atoms with Gasteiger partial charge < -0.3 is 31.6 Å². The number of hydrogen-bond acceptors (Lipinski definition) is 8. The second-order valence-corrected chi connectivity index (χ2v) is 9.56. The number of hydrogen-bond donors (Lipinski definition) is 5. The number of non-ortho nitro benzene ring substituents is 1. The van der Waals surface area contributed by atoms with E-state index in [0.29, 0.717) is 12.1 Å². The zero-order valence-electron chi connectivity index (χ0n) is 22.0. The number of aromatic nitrogens is 2. The van der Waals surface area contributed by atoms with Gasteiger partial charge in [-0.2, -0.15) is 0 Å². The first-order chi connectivity index (χ1) is 19.7. The van der Waals surface area contributed by atoms with Gasteiger partial charge in [-0.05, 0) is 24.5 Å². The van der Waals surface area contributed by atoms with Crippen LogP contribution in [0.25, 0.3) is 0 Å². The van der Waals surface area contributed by atoms with Crippen LogP contribution < -0.4 is 27.0 Å². The van der Waals surface area contributed by atoms with Gasteiger partial charge in [0, 0.05) is 43.2 Å². The number of amides is 4. The van der Waals surface area contributed by atoms with Crippen molar-refractivity contribution in [1.82, 2.24) is 25.5 Å². The highest BCUT2D eigenvalue weighted by Crippen LogP contribution is 2.23. The van der Waals surface area contributed by atoms with Crippen LogP contribution in [0.15, 0.2) is 67.3 Å². The number of anilines is 1. The Morgan fingerprint density at radius 1 is 1.05 bits per heavy atom. The zero-order valence-corrected chi connectivity index (χ0v) is 22.0. The fourth-order valence-electron chi connectivity index (χ4n) is 4.44. The van der Waals surface area contributed by atoms with E-state index in [9.17, 15) is 29.3 Å². The number of nitro groups is 1. The van der Waals surface area contributed by atoms with Gasteiger partial charge in [0.25, 0.3) is 11.6 Å². The number of imidazole rings is 1. The molecule has 6 N–H and O–H groups in total. The summed E-state index contributed by atoms with van der Waals surface area (Å²) in [6.07, 6.45) is 5.20. The maximum absolute atomic E-state index is 13.6. The van der Waals surface area contributed by atoms with Gasteiger partial charge in [-0.3, -0.25) is 29.3 Å². The number of rotatable bonds is 6. The molecule has 1 unspecified atom stereocenters. The molecule has 214 valence electrons. The monoisotopic (exact) mass is 562 g/mol. The van der Waals surface area contributed by atoms with Crippen molar-refractivity contribution in [2.24, 2.45) is 5.73 Å². The Labute approximate surface area is 234 Å². The second-order valence-electron chi connectivity index (χ2n) is 9.56. The Bertz CT molecular complexity index is 1410. The predicted molar refractivity (Wildman–Crippen MR) is 148 cm³/mol. The number of nitrogens with two attached hydrogens (primary N) is 1. The zero-order chi connectivity index (χ0) is 29.4. The molecule has 41 heavy (non-hydrogen) atoms. The highest BCUT2D eigenvalue weighted by atomic mass is 16.6. The second kappa shape index (κ2) is 13.2. The molecule has 14 heteroatoms. The SMILES string of the molecule is NC(=O)[C@@H]1CCCNc2ccc([N+](=O)[O-])cc2C(=O)NC(Cc2ccccc2)C(=O)N[C@@H](Cn2ccnc2)C(=O)N1. The lowest BCUT2D eigenvalue weighted by Crippen LogP contribution is -2.57. The number of benzene rings is 2. The van der Waals surface area contributed by atoms with E-state index in [2.05, 4.69) is 26.3 Å². The number of primary amides is 1. The van der Waals surface area contributed by atoms with Crippen molar-refractivity contribution in [2.45, 2.75) is 43.9 Å². The molecule has 2 aromatic carbocycles. The van der Waals surface area contributed by atoms with Crippen LogP contribution >= 0.6 is 0 Å². The normalized spacial score (nSPS) is 20.2. The average Bonchev–Trinajstić information content (AvgIpc) is 3.46. The van der Waals surface area contributed by atoms with E-state index in [1.807, 2.05) is 0 Å². The minimum atomic E-state index is -1.16. The molecule has 4 rings (SSSR count). The summed E-state index contributed by atoms with van der Waals surface area (Å²) in [5.41, 5.74) is 6.26. The number of carbonyl (C=O) groups excluding carboxylic acids is 4. The third kappa shape index (κ3) is 7.65. The molecule has 2 heterocycles. The molecular formula is C27H30N8O6. The standard InChI is InChI=1S/C27H30N8O6/c28-24(36)21-7-4-10-30-20-9-8-18(35(40)41)14-19(20)25(37)32-22(13-17-5-2-1-3-6-17)26(38)33-23(27(39)31-21)15-34-12-11-29-16-34/h1-3,5-6,8-9,11-12,14,16,21-23,30H,4,7,10,13,15H2,(H2,28,36)(H,31,39)(H,32,37)(H,33,38)/t21-,22?,23-/m0/s1. The van der Waals surface area contributed by atoms with Crippen molar-refractivity contribution in [3.8, 4) is 0 Å². The predicted octanol–water partition coefficient (Wildman–Crippen LogP) is 0.493. The Hall–Kier alpha value is -5.27. The van der Waals surface area contributed by atoms with Crippen LogP contribution in [0.4, 0.5) is 11.4 Å². The Kier molecular flexibility index (Phi) is 9.24. The van der Waals surface area contributed by atoms with Crippen LogP contribution in [-0.4, -0.2) is 62.8 Å². The fraction of sp³-hybridized carbons (Fsp3) is 0.296. The lowest BCUT2D eigenvalue weighted by Gasteiger charge is -2.25. The smallest absolute Gasteiger partial charge is 0.270 e. The van der Waals surface area contributed by atoms with Gasteiger partial charge in [-0.15, -0.1) is 0 Å². The third-order valence-corrected chi connectivity index (χ3v) is 6.59. The van der Waals surface area contributed by atoms with Crippen LogP contribution in [0, 0.1) is 10.1 Å². The molecular weight excluding hydrogens is 532 g/mol. The quantitative estimate of drug-likeness (QED) is 0.211. The summed E-state index contributed by atoms with van der Waals surface area (Å²) in [7, 11) is 0. The summed E-state index contributed by atoms with van der Waals surface area (Å²) in [5, 5.41) is 22.5. The summed E-state index contributed by atoms with van der Waals surface area (Å²) in [5.74, 6) is -2.77. The lowest BCUT2D eigenvalue weighted by atomic mass is 10.0. The number of nitrogens with zero attached hydrogens (tertiary/aromatic N) is 3. The van der Waals surface area contributed by atoms with Crippen molar-refractivity contribution in [3.63, 3.8) is 0 Å². The van der Waals surface area contributed by atoms with Crippen LogP contribution in [0.3, 0.4) is 0 Å². The van der Waals surface area contributed by atoms with Crippen LogP contribution in [0.2, 0.25) is 0 Å². The number of carbonyl (C=O) groups is 4. The van der Waals surface area contributed by atoms with Crippen molar-refractivity contribution >= 4 is 35.0 Å². The van der Waals surface area contributed by atoms with E-state index in [1.165, 1.54) is 24.7 Å². The number of nitro benzene ring substituents is 1. The molecule has 3 atom stereocenters. The maximum atomic E-state index is 13.6. The van der Waals surface area contributed by atoms with E-state index in [-0.39, 0.29) is 37.2 Å². The first-order valence-corrected chi connectivity index (χ1v) is 12.9. The highest BCUT2D eigenvalue weighted by Gasteiger charge is 2.31. The Balaban J connectivity index is 1.72. The molecule has 1 aromatic heterocycles. The van der Waals surface area contributed by atoms with E-state index < -0.39 is 46.7 Å². The van der Waals surface area contributed by atoms with Crippen molar-refractivity contribution in [2.75, 3.05) is 11.9 Å². The molecule has 14 nitrogen and oxygen atoms in total. The number of fused-ring (bicyclic) bond motifs is 1. The fourth-order valence-corrected chi connectivity index (χ4v) is 4.44. The van der Waals surface area contributed by atoms with Crippen molar-refractivity contribution < 1.29 is 24.1 Å². The maximum Gasteiger partial charge on any atom is 0.270 e. The van der Waals surface area contributed by atoms with E-state index in [1.54, 1.807) is 41.1 Å². The molecule has 0 fully saturated rings. The van der Waals surface area contributed by atoms with Crippen LogP contribution in [0.1, 0.15) is 28.8 Å². The molecule has 3 aromatic rings. The Morgan fingerprint density at radius 2 is 1.80 bits per heavy atom. The molecule has 0 radical (unpaired) electrons. The first-order valence-electron chi connectivity index (χ1n) is 12.9. The molecule has 0 bridgehead atoms. The molecule has 1 aliphatic rings. The van der Waals surface area contributed by atoms with Crippen molar-refractivity contribution in [3.05, 3.63) is 88.5 Å². The Morgan fingerprint density at radius 3 is 2.49 bits per heavy atom. The van der Waals surface area contributed by atoms with Crippen molar-refractivity contribution in [1.29, 1.82) is 0 Å². The summed E-state index contributed by atoms with van der Waals surface area (Å²) >= 11 is 0. The van der Waals surface area contributed by atoms with Crippen LogP contribution in [-0.2, 0) is 27.3 Å². The minimum Gasteiger partial charge on any atom is -0.384 e. The topological polar surface area (TPSA) is 203 Å². The summed E-state index contributed by atoms with van der Waals surface area (Å²) in [6, 6.07) is 9.40. The van der Waals surface area contributed by atoms with E-state index in [0.717, 1.165) is 11.6 Å². The highest BCUT2D eigenvalue weighted by molar-refractivity contribution is 6.03. The van der Waals surface area contributed by atoms with Gasteiger partial charge in [0.05, 0.1) is 23.4 Å². The molecule has 4 amide bonds. The summed E-state index contributed by atoms with van der Waals surface area (Å²) < 4.78 is 1.59. The summed E-state index contributed by atoms with van der Waals surface area (Å²) in [4.78, 5) is 67.4. The van der Waals surface area contributed by atoms with Gasteiger partial charge >= 0.3 is 0 Å². The van der Waals surface area contributed by atoms with Gasteiger partial charge in [0.15, 0.2) is 0 Å². The first kappa shape index (κ1) is 28.7. The van der Waals surface area contributed by atoms with E-state index >= 15 is 0 Å². The van der Waals surface area contributed by atoms with Gasteiger partial charge in [0.2, 0.25) is 17.7 Å². The molecule has 0 saturated heterocycles. The van der Waals surface area contributed by atoms with Gasteiger partial charge in [0.1, 0.15) is 18.1 Å².